The second-order valence-corrected chi connectivity index (χ2v) is 5.93. The molecule has 0 saturated carbocycles. The number of hydrogen-bond donors (Lipinski definition) is 1. The summed E-state index contributed by atoms with van der Waals surface area (Å²) in [6.07, 6.45) is 0. The molecule has 3 rings (SSSR count). The number of carbonyl (C=O) groups is 1. The number of nitrogens with two attached hydrogens (primary N) is 1. The molecule has 1 heterocycles. The van der Waals surface area contributed by atoms with Crippen LogP contribution < -0.4 is 5.73 Å². The molecule has 0 bridgehead atoms. The molecule has 2 N–H and O–H groups in total. The topological polar surface area (TPSA) is 46.3 Å². The van der Waals surface area contributed by atoms with Gasteiger partial charge in [0, 0.05) is 16.6 Å². The summed E-state index contributed by atoms with van der Waals surface area (Å²) in [5.41, 5.74) is 7.87. The molecule has 1 amide bonds. The first-order valence-electron chi connectivity index (χ1n) is 6.63. The Kier molecular flexibility index (Phi) is 3.89. The quantitative estimate of drug-likeness (QED) is 0.881. The van der Waals surface area contributed by atoms with Crippen molar-refractivity contribution in [1.29, 1.82) is 0 Å². The van der Waals surface area contributed by atoms with E-state index in [9.17, 15) is 4.79 Å². The molecule has 1 aliphatic rings. The highest BCUT2D eigenvalue weighted by atomic mass is 35.5. The van der Waals surface area contributed by atoms with Crippen LogP contribution in [0.5, 0.6) is 0 Å². The largest absolute Gasteiger partial charge is 0.328 e. The average Bonchev–Trinajstić information content (AvgIpc) is 2.49. The lowest BCUT2D eigenvalue weighted by Crippen LogP contribution is -2.62. The molecule has 5 heteroatoms. The summed E-state index contributed by atoms with van der Waals surface area (Å²) in [6, 6.07) is 14.3. The first-order chi connectivity index (χ1) is 10.1. The number of likely N-dealkylation sites (tertiary alicyclic amines) is 1. The minimum absolute atomic E-state index is 0.0603. The van der Waals surface area contributed by atoms with Gasteiger partial charge in [-0.2, -0.15) is 0 Å². The van der Waals surface area contributed by atoms with Crippen LogP contribution in [0.4, 0.5) is 0 Å². The lowest BCUT2D eigenvalue weighted by Gasteiger charge is -2.46. The van der Waals surface area contributed by atoms with Gasteiger partial charge in [-0.25, -0.2) is 0 Å². The minimum atomic E-state index is -0.549. The van der Waals surface area contributed by atoms with Crippen molar-refractivity contribution >= 4 is 29.1 Å². The van der Waals surface area contributed by atoms with E-state index in [4.69, 9.17) is 28.9 Å². The molecule has 1 fully saturated rings. The Labute approximate surface area is 133 Å². The number of nitrogens with zero attached hydrogens (tertiary/aromatic N) is 1. The van der Waals surface area contributed by atoms with Gasteiger partial charge in [0.25, 0.3) is 0 Å². The first-order valence-corrected chi connectivity index (χ1v) is 7.38. The van der Waals surface area contributed by atoms with Gasteiger partial charge in [-0.15, -0.1) is 0 Å². The van der Waals surface area contributed by atoms with Gasteiger partial charge in [0.2, 0.25) is 5.91 Å². The normalized spacial score (nSPS) is 21.3. The lowest BCUT2D eigenvalue weighted by atomic mass is 9.88. The van der Waals surface area contributed by atoms with Crippen LogP contribution in [0.1, 0.15) is 17.2 Å². The van der Waals surface area contributed by atoms with Crippen LogP contribution >= 0.6 is 23.2 Å². The average molecular weight is 321 g/mol. The summed E-state index contributed by atoms with van der Waals surface area (Å²) < 4.78 is 0. The fourth-order valence-corrected chi connectivity index (χ4v) is 3.15. The van der Waals surface area contributed by atoms with E-state index in [0.717, 1.165) is 11.1 Å². The van der Waals surface area contributed by atoms with E-state index < -0.39 is 6.04 Å². The number of hydrogen-bond acceptors (Lipinski definition) is 2. The molecule has 3 nitrogen and oxygen atoms in total. The van der Waals surface area contributed by atoms with Crippen LogP contribution in [0.3, 0.4) is 0 Å². The van der Waals surface area contributed by atoms with E-state index in [1.165, 1.54) is 0 Å². The van der Waals surface area contributed by atoms with Crippen LogP contribution in [0.2, 0.25) is 10.0 Å². The highest BCUT2D eigenvalue weighted by molar-refractivity contribution is 6.35. The van der Waals surface area contributed by atoms with Gasteiger partial charge in [-0.05, 0) is 23.3 Å². The van der Waals surface area contributed by atoms with E-state index in [1.807, 2.05) is 36.4 Å². The predicted octanol–water partition coefficient (Wildman–Crippen LogP) is 3.40. The molecule has 2 aromatic rings. The number of rotatable bonds is 3. The SMILES string of the molecule is N[C@@H]1C(=O)N(Cc2ccccc2)[C@H]1c1ccc(Cl)cc1Cl. The third kappa shape index (κ3) is 2.64. The van der Waals surface area contributed by atoms with E-state index in [0.29, 0.717) is 16.6 Å². The zero-order valence-electron chi connectivity index (χ0n) is 11.2. The molecular formula is C16H14Cl2N2O. The van der Waals surface area contributed by atoms with Crippen molar-refractivity contribution in [2.45, 2.75) is 18.6 Å². The Morgan fingerprint density at radius 1 is 1.10 bits per heavy atom. The smallest absolute Gasteiger partial charge is 0.242 e. The van der Waals surface area contributed by atoms with E-state index in [1.54, 1.807) is 17.0 Å². The summed E-state index contributed by atoms with van der Waals surface area (Å²) in [5, 5.41) is 1.10. The van der Waals surface area contributed by atoms with Gasteiger partial charge >= 0.3 is 0 Å². The zero-order valence-corrected chi connectivity index (χ0v) is 12.7. The Balaban J connectivity index is 1.88. The van der Waals surface area contributed by atoms with Gasteiger partial charge in [0.1, 0.15) is 6.04 Å². The fraction of sp³-hybridized carbons (Fsp3) is 0.188. The van der Waals surface area contributed by atoms with Crippen LogP contribution in [0.15, 0.2) is 48.5 Å². The second-order valence-electron chi connectivity index (χ2n) is 5.09. The van der Waals surface area contributed by atoms with Gasteiger partial charge in [0.15, 0.2) is 0 Å². The molecule has 2 atom stereocenters. The van der Waals surface area contributed by atoms with Crippen LogP contribution in [-0.4, -0.2) is 16.8 Å². The molecule has 1 saturated heterocycles. The van der Waals surface area contributed by atoms with E-state index >= 15 is 0 Å². The summed E-state index contributed by atoms with van der Waals surface area (Å²) in [7, 11) is 0. The monoisotopic (exact) mass is 320 g/mol. The van der Waals surface area contributed by atoms with Gasteiger partial charge in [-0.3, -0.25) is 4.79 Å². The zero-order chi connectivity index (χ0) is 15.0. The maximum atomic E-state index is 12.1. The molecule has 108 valence electrons. The molecular weight excluding hydrogens is 307 g/mol. The Hall–Kier alpha value is -1.55. The third-order valence-corrected chi connectivity index (χ3v) is 4.28. The number of halogens is 2. The second kappa shape index (κ2) is 5.68. The van der Waals surface area contributed by atoms with Gasteiger partial charge in [-0.1, -0.05) is 59.6 Å². The molecule has 0 spiro atoms. The Morgan fingerprint density at radius 2 is 1.81 bits per heavy atom. The van der Waals surface area contributed by atoms with Crippen LogP contribution in [0.25, 0.3) is 0 Å². The molecule has 2 aromatic carbocycles. The standard InChI is InChI=1S/C16H14Cl2N2O/c17-11-6-7-12(13(18)8-11)15-14(19)16(21)20(15)9-10-4-2-1-3-5-10/h1-8,14-15H,9,19H2/t14-,15-/m0/s1. The molecule has 0 unspecified atom stereocenters. The number of amides is 1. The molecule has 0 aliphatic carbocycles. The molecule has 21 heavy (non-hydrogen) atoms. The predicted molar refractivity (Wildman–Crippen MR) is 84.2 cm³/mol. The van der Waals surface area contributed by atoms with Gasteiger partial charge in [0.05, 0.1) is 6.04 Å². The number of β-lactam (4-membered cyclic amide) rings is 1. The van der Waals surface area contributed by atoms with Crippen molar-refractivity contribution in [2.75, 3.05) is 0 Å². The lowest BCUT2D eigenvalue weighted by molar-refractivity contribution is -0.150. The number of carbonyl (C=O) groups excluding carboxylic acids is 1. The molecule has 0 radical (unpaired) electrons. The van der Waals surface area contributed by atoms with Crippen molar-refractivity contribution in [1.82, 2.24) is 4.90 Å². The van der Waals surface area contributed by atoms with Crippen molar-refractivity contribution in [3.8, 4) is 0 Å². The summed E-state index contributed by atoms with van der Waals surface area (Å²) in [5.74, 6) is -0.0603. The van der Waals surface area contributed by atoms with E-state index in [-0.39, 0.29) is 11.9 Å². The maximum absolute atomic E-state index is 12.1. The van der Waals surface area contributed by atoms with Crippen molar-refractivity contribution < 1.29 is 4.79 Å². The van der Waals surface area contributed by atoms with E-state index in [2.05, 4.69) is 0 Å². The first kappa shape index (κ1) is 14.4. The van der Waals surface area contributed by atoms with Crippen molar-refractivity contribution in [3.05, 3.63) is 69.7 Å². The maximum Gasteiger partial charge on any atom is 0.242 e. The summed E-state index contributed by atoms with van der Waals surface area (Å²) >= 11 is 12.2. The van der Waals surface area contributed by atoms with Crippen molar-refractivity contribution in [2.24, 2.45) is 5.73 Å². The number of benzene rings is 2. The Bertz CT molecular complexity index is 675. The Morgan fingerprint density at radius 3 is 2.48 bits per heavy atom. The summed E-state index contributed by atoms with van der Waals surface area (Å²) in [6.45, 7) is 0.525. The third-order valence-electron chi connectivity index (χ3n) is 3.72. The fourth-order valence-electron chi connectivity index (χ4n) is 2.63. The van der Waals surface area contributed by atoms with Gasteiger partial charge < -0.3 is 10.6 Å². The minimum Gasteiger partial charge on any atom is -0.328 e. The van der Waals surface area contributed by atoms with Crippen LogP contribution in [0, 0.1) is 0 Å². The van der Waals surface area contributed by atoms with Crippen molar-refractivity contribution in [3.63, 3.8) is 0 Å². The summed E-state index contributed by atoms with van der Waals surface area (Å²) in [4.78, 5) is 13.8. The highest BCUT2D eigenvalue weighted by Crippen LogP contribution is 2.39. The molecule has 1 aliphatic heterocycles. The molecule has 0 aromatic heterocycles. The highest BCUT2D eigenvalue weighted by Gasteiger charge is 2.46. The van der Waals surface area contributed by atoms with Crippen LogP contribution in [-0.2, 0) is 11.3 Å².